The molecule has 0 bridgehead atoms. The van der Waals surface area contributed by atoms with E-state index in [1.54, 1.807) is 44.2 Å². The first-order valence-electron chi connectivity index (χ1n) is 13.8. The lowest BCUT2D eigenvalue weighted by Gasteiger charge is -2.20. The fourth-order valence-corrected chi connectivity index (χ4v) is 6.07. The first kappa shape index (κ1) is 29.6. The first-order chi connectivity index (χ1) is 20.6. The van der Waals surface area contributed by atoms with Gasteiger partial charge in [0, 0.05) is 5.56 Å². The summed E-state index contributed by atoms with van der Waals surface area (Å²) in [6, 6.07) is 29.3. The minimum atomic E-state index is -3.95. The normalized spacial score (nSPS) is 12.6. The molecule has 1 atom stereocenters. The zero-order valence-corrected chi connectivity index (χ0v) is 24.8. The number of hydrazone groups is 1. The summed E-state index contributed by atoms with van der Waals surface area (Å²) in [6.45, 7) is 5.33. The molecule has 1 amide bonds. The van der Waals surface area contributed by atoms with Gasteiger partial charge in [0.05, 0.1) is 16.7 Å². The molecule has 43 heavy (non-hydrogen) atoms. The van der Waals surface area contributed by atoms with Crippen molar-refractivity contribution < 1.29 is 22.7 Å². The second-order valence-electron chi connectivity index (χ2n) is 10.5. The van der Waals surface area contributed by atoms with Crippen LogP contribution in [0.1, 0.15) is 35.3 Å². The molecule has 8 nitrogen and oxygen atoms in total. The van der Waals surface area contributed by atoms with Crippen LogP contribution in [0, 0.1) is 12.8 Å². The van der Waals surface area contributed by atoms with Crippen LogP contribution in [0.3, 0.4) is 0 Å². The van der Waals surface area contributed by atoms with Crippen LogP contribution in [0.5, 0.6) is 5.75 Å². The third-order valence-electron chi connectivity index (χ3n) is 7.07. The van der Waals surface area contributed by atoms with Crippen LogP contribution >= 0.6 is 0 Å². The summed E-state index contributed by atoms with van der Waals surface area (Å²) in [7, 11) is -3.95. The zero-order chi connectivity index (χ0) is 30.6. The number of nitrogens with one attached hydrogen (secondary N) is 2. The van der Waals surface area contributed by atoms with Crippen molar-refractivity contribution in [2.45, 2.75) is 31.7 Å². The second kappa shape index (κ2) is 12.6. The van der Waals surface area contributed by atoms with Crippen LogP contribution in [0.15, 0.2) is 113 Å². The molecule has 0 saturated carbocycles. The molecule has 0 aromatic heterocycles. The van der Waals surface area contributed by atoms with Crippen LogP contribution < -0.4 is 14.9 Å². The number of hydrogen-bond acceptors (Lipinski definition) is 6. The highest BCUT2D eigenvalue weighted by Crippen LogP contribution is 2.28. The standard InChI is InChI=1S/C34H31N3O5S/c1-22(2)32(37-43(40,41)26-18-15-23(3)16-19-26)33(38)36-35-21-30-28-13-7-5-10-25(28)17-20-31(30)42-34(39)29-14-8-11-24-9-4-6-12-27(24)29/h4-22,32,37H,1-3H3,(H,36,38)/b35-21-/t32-/m0/s1. The van der Waals surface area contributed by atoms with Gasteiger partial charge < -0.3 is 4.74 Å². The maximum Gasteiger partial charge on any atom is 0.344 e. The molecule has 0 aliphatic heterocycles. The van der Waals surface area contributed by atoms with Crippen LogP contribution in [-0.2, 0) is 14.8 Å². The SMILES string of the molecule is Cc1ccc(S(=O)(=O)N[C@H](C(=O)N/N=C\c2c(OC(=O)c3cccc4ccccc34)ccc3ccccc23)C(C)C)cc1. The Kier molecular flexibility index (Phi) is 8.66. The molecular weight excluding hydrogens is 562 g/mol. The molecule has 218 valence electrons. The Morgan fingerprint density at radius 3 is 2.12 bits per heavy atom. The Labute approximate surface area is 250 Å². The highest BCUT2D eigenvalue weighted by atomic mass is 32.2. The minimum Gasteiger partial charge on any atom is -0.422 e. The third kappa shape index (κ3) is 6.63. The molecule has 5 aromatic rings. The van der Waals surface area contributed by atoms with Gasteiger partial charge in [0.2, 0.25) is 10.0 Å². The van der Waals surface area contributed by atoms with Gasteiger partial charge in [0.25, 0.3) is 5.91 Å². The highest BCUT2D eigenvalue weighted by molar-refractivity contribution is 7.89. The fraction of sp³-hybridized carbons (Fsp3) is 0.147. The zero-order valence-electron chi connectivity index (χ0n) is 23.9. The number of esters is 1. The number of sulfonamides is 1. The van der Waals surface area contributed by atoms with E-state index in [4.69, 9.17) is 4.74 Å². The maximum absolute atomic E-state index is 13.3. The number of hydrogen-bond donors (Lipinski definition) is 2. The summed E-state index contributed by atoms with van der Waals surface area (Å²) in [6.07, 6.45) is 1.40. The van der Waals surface area contributed by atoms with Crippen molar-refractivity contribution in [3.8, 4) is 5.75 Å². The summed E-state index contributed by atoms with van der Waals surface area (Å²) in [4.78, 5) is 26.5. The van der Waals surface area contributed by atoms with Crippen LogP contribution in [-0.4, -0.2) is 32.6 Å². The number of carbonyl (C=O) groups is 2. The molecule has 5 rings (SSSR count). The van der Waals surface area contributed by atoms with Gasteiger partial charge >= 0.3 is 5.97 Å². The number of benzene rings is 5. The van der Waals surface area contributed by atoms with E-state index >= 15 is 0 Å². The molecule has 0 heterocycles. The Morgan fingerprint density at radius 1 is 0.791 bits per heavy atom. The predicted octanol–water partition coefficient (Wildman–Crippen LogP) is 5.97. The lowest BCUT2D eigenvalue weighted by molar-refractivity contribution is -0.123. The largest absolute Gasteiger partial charge is 0.422 e. The molecule has 0 unspecified atom stereocenters. The highest BCUT2D eigenvalue weighted by Gasteiger charge is 2.28. The van der Waals surface area contributed by atoms with E-state index in [0.717, 1.165) is 27.1 Å². The van der Waals surface area contributed by atoms with E-state index in [1.807, 2.05) is 67.6 Å². The Bertz CT molecular complexity index is 1950. The quantitative estimate of drug-likeness (QED) is 0.0946. The third-order valence-corrected chi connectivity index (χ3v) is 8.53. The van der Waals surface area contributed by atoms with Crippen molar-refractivity contribution >= 4 is 49.7 Å². The predicted molar refractivity (Wildman–Crippen MR) is 169 cm³/mol. The van der Waals surface area contributed by atoms with Crippen LogP contribution in [0.4, 0.5) is 0 Å². The van der Waals surface area contributed by atoms with Gasteiger partial charge in [0.15, 0.2) is 0 Å². The van der Waals surface area contributed by atoms with Crippen LogP contribution in [0.25, 0.3) is 21.5 Å². The topological polar surface area (TPSA) is 114 Å². The van der Waals surface area contributed by atoms with Gasteiger partial charge in [-0.1, -0.05) is 98.3 Å². The van der Waals surface area contributed by atoms with Crippen LogP contribution in [0.2, 0.25) is 0 Å². The average molecular weight is 594 g/mol. The summed E-state index contributed by atoms with van der Waals surface area (Å²) < 4.78 is 34.3. The van der Waals surface area contributed by atoms with Crippen molar-refractivity contribution in [1.82, 2.24) is 10.1 Å². The summed E-state index contributed by atoms with van der Waals surface area (Å²) in [5.74, 6) is -1.27. The van der Waals surface area contributed by atoms with Gasteiger partial charge in [-0.15, -0.1) is 0 Å². The smallest absolute Gasteiger partial charge is 0.344 e. The molecule has 0 saturated heterocycles. The van der Waals surface area contributed by atoms with E-state index in [1.165, 1.54) is 18.3 Å². The fourth-order valence-electron chi connectivity index (χ4n) is 4.73. The molecule has 9 heteroatoms. The molecule has 0 aliphatic rings. The Balaban J connectivity index is 1.40. The molecule has 5 aromatic carbocycles. The van der Waals surface area contributed by atoms with Gasteiger partial charge in [0.1, 0.15) is 11.8 Å². The number of fused-ring (bicyclic) bond motifs is 2. The average Bonchev–Trinajstić information content (AvgIpc) is 3.00. The van der Waals surface area contributed by atoms with E-state index < -0.39 is 27.9 Å². The lowest BCUT2D eigenvalue weighted by atomic mass is 10.0. The van der Waals surface area contributed by atoms with E-state index in [-0.39, 0.29) is 16.6 Å². The first-order valence-corrected chi connectivity index (χ1v) is 15.3. The van der Waals surface area contributed by atoms with Gasteiger partial charge in [-0.05, 0) is 58.7 Å². The van der Waals surface area contributed by atoms with Crippen molar-refractivity contribution in [2.24, 2.45) is 11.0 Å². The number of carbonyl (C=O) groups excluding carboxylic acids is 2. The van der Waals surface area contributed by atoms with E-state index in [0.29, 0.717) is 11.1 Å². The molecule has 0 radical (unpaired) electrons. The second-order valence-corrected chi connectivity index (χ2v) is 12.2. The summed E-state index contributed by atoms with van der Waals surface area (Å²) in [5.41, 5.74) is 4.28. The summed E-state index contributed by atoms with van der Waals surface area (Å²) in [5, 5.41) is 7.47. The van der Waals surface area contributed by atoms with Crippen molar-refractivity contribution in [3.63, 3.8) is 0 Å². The van der Waals surface area contributed by atoms with E-state index in [2.05, 4.69) is 15.2 Å². The maximum atomic E-state index is 13.3. The van der Waals surface area contributed by atoms with Gasteiger partial charge in [-0.25, -0.2) is 18.6 Å². The van der Waals surface area contributed by atoms with Gasteiger partial charge in [-0.2, -0.15) is 9.82 Å². The number of nitrogens with zero attached hydrogens (tertiary/aromatic N) is 1. The summed E-state index contributed by atoms with van der Waals surface area (Å²) >= 11 is 0. The number of aryl methyl sites for hydroxylation is 1. The number of ether oxygens (including phenoxy) is 1. The number of amides is 1. The molecule has 0 fully saturated rings. The molecule has 0 aliphatic carbocycles. The Morgan fingerprint density at radius 2 is 1.42 bits per heavy atom. The minimum absolute atomic E-state index is 0.0634. The Hall–Kier alpha value is -4.86. The monoisotopic (exact) mass is 593 g/mol. The van der Waals surface area contributed by atoms with Gasteiger partial charge in [-0.3, -0.25) is 4.79 Å². The molecular formula is C34H31N3O5S. The molecule has 0 spiro atoms. The van der Waals surface area contributed by atoms with E-state index in [9.17, 15) is 18.0 Å². The van der Waals surface area contributed by atoms with Crippen molar-refractivity contribution in [3.05, 3.63) is 120 Å². The lowest BCUT2D eigenvalue weighted by Crippen LogP contribution is -2.48. The van der Waals surface area contributed by atoms with Crippen molar-refractivity contribution in [2.75, 3.05) is 0 Å². The molecule has 2 N–H and O–H groups in total. The number of rotatable bonds is 9. The van der Waals surface area contributed by atoms with Crippen molar-refractivity contribution in [1.29, 1.82) is 0 Å².